The summed E-state index contributed by atoms with van der Waals surface area (Å²) in [7, 11) is 1.63. The van der Waals surface area contributed by atoms with Crippen molar-refractivity contribution in [1.29, 1.82) is 0 Å². The van der Waals surface area contributed by atoms with Crippen molar-refractivity contribution in [3.63, 3.8) is 0 Å². The van der Waals surface area contributed by atoms with Gasteiger partial charge in [-0.05, 0) is 38.8 Å². The third kappa shape index (κ3) is 11.8. The number of nitrogens with zero attached hydrogens (tertiary/aromatic N) is 1. The second-order valence-corrected chi connectivity index (χ2v) is 7.84. The van der Waals surface area contributed by atoms with Crippen molar-refractivity contribution in [3.05, 3.63) is 34.9 Å². The largest absolute Gasteiger partial charge is 0.339 e. The van der Waals surface area contributed by atoms with E-state index in [0.717, 1.165) is 32.2 Å². The molecule has 0 radical (unpaired) electrons. The van der Waals surface area contributed by atoms with E-state index in [9.17, 15) is 19.2 Å². The predicted octanol–water partition coefficient (Wildman–Crippen LogP) is 4.08. The third-order valence-electron chi connectivity index (χ3n) is 5.41. The second-order valence-electron chi connectivity index (χ2n) is 7.84. The van der Waals surface area contributed by atoms with Gasteiger partial charge in [0.05, 0.1) is 5.56 Å². The molecule has 0 bridgehead atoms. The number of carbonyl (C=O) groups is 4. The molecular formula is C27H41N3O4. The number of hydrogen-bond acceptors (Lipinski definition) is 5. The Balaban J connectivity index is 0.00000529. The lowest BCUT2D eigenvalue weighted by molar-refractivity contribution is -0.125. The van der Waals surface area contributed by atoms with Gasteiger partial charge >= 0.3 is 0 Å². The molecule has 1 aromatic rings. The quantitative estimate of drug-likeness (QED) is 0.241. The molecule has 3 N–H and O–H groups in total. The Morgan fingerprint density at radius 3 is 2.35 bits per heavy atom. The summed E-state index contributed by atoms with van der Waals surface area (Å²) >= 11 is 0. The lowest BCUT2D eigenvalue weighted by Crippen LogP contribution is -2.37. The minimum absolute atomic E-state index is 0.117. The number of rotatable bonds is 14. The molecule has 1 aromatic carbocycles. The van der Waals surface area contributed by atoms with Gasteiger partial charge < -0.3 is 10.6 Å². The zero-order valence-electron chi connectivity index (χ0n) is 21.2. The number of imide groups is 1. The van der Waals surface area contributed by atoms with Crippen molar-refractivity contribution in [2.24, 2.45) is 5.73 Å². The van der Waals surface area contributed by atoms with Gasteiger partial charge in [0.15, 0.2) is 6.29 Å². The van der Waals surface area contributed by atoms with E-state index in [1.165, 1.54) is 24.2 Å². The van der Waals surface area contributed by atoms with Gasteiger partial charge in [-0.3, -0.25) is 24.5 Å². The van der Waals surface area contributed by atoms with E-state index in [0.29, 0.717) is 30.2 Å². The molecular weight excluding hydrogens is 430 g/mol. The summed E-state index contributed by atoms with van der Waals surface area (Å²) in [5.41, 5.74) is 6.60. The normalized spacial score (nSPS) is 10.6. The SMILES string of the molecule is CC.CC(CCC(=O)NC=O)N(C)C(=O)c1c(C#CCCCCCCCCN)cccc1C=O. The molecule has 1 rings (SSSR count). The molecule has 1 unspecified atom stereocenters. The van der Waals surface area contributed by atoms with E-state index in [1.54, 1.807) is 25.2 Å². The molecule has 7 heteroatoms. The van der Waals surface area contributed by atoms with Crippen molar-refractivity contribution >= 4 is 24.5 Å². The van der Waals surface area contributed by atoms with Crippen LogP contribution in [0.4, 0.5) is 0 Å². The Morgan fingerprint density at radius 2 is 1.74 bits per heavy atom. The van der Waals surface area contributed by atoms with Crippen LogP contribution in [0.15, 0.2) is 18.2 Å². The molecule has 0 saturated carbocycles. The number of carbonyl (C=O) groups excluding carboxylic acids is 4. The lowest BCUT2D eigenvalue weighted by atomic mass is 9.99. The monoisotopic (exact) mass is 471 g/mol. The van der Waals surface area contributed by atoms with Gasteiger partial charge in [0.2, 0.25) is 12.3 Å². The molecule has 34 heavy (non-hydrogen) atoms. The Kier molecular flexibility index (Phi) is 17.8. The van der Waals surface area contributed by atoms with Gasteiger partial charge in [0.25, 0.3) is 5.91 Å². The van der Waals surface area contributed by atoms with Crippen LogP contribution in [-0.2, 0) is 9.59 Å². The van der Waals surface area contributed by atoms with Crippen LogP contribution in [0.3, 0.4) is 0 Å². The van der Waals surface area contributed by atoms with Gasteiger partial charge in [-0.15, -0.1) is 0 Å². The molecule has 0 aliphatic rings. The molecule has 0 aliphatic carbocycles. The van der Waals surface area contributed by atoms with Gasteiger partial charge in [-0.1, -0.05) is 63.5 Å². The topological polar surface area (TPSA) is 110 Å². The maximum Gasteiger partial charge on any atom is 0.255 e. The van der Waals surface area contributed by atoms with Crippen molar-refractivity contribution in [2.45, 2.75) is 84.6 Å². The number of benzene rings is 1. The van der Waals surface area contributed by atoms with Crippen molar-refractivity contribution in [3.8, 4) is 11.8 Å². The van der Waals surface area contributed by atoms with Crippen LogP contribution in [0.1, 0.15) is 105 Å². The predicted molar refractivity (Wildman–Crippen MR) is 136 cm³/mol. The summed E-state index contributed by atoms with van der Waals surface area (Å²) in [6.45, 7) is 6.56. The maximum atomic E-state index is 13.2. The lowest BCUT2D eigenvalue weighted by Gasteiger charge is -2.26. The molecule has 0 aromatic heterocycles. The molecule has 0 aliphatic heterocycles. The smallest absolute Gasteiger partial charge is 0.255 e. The first kappa shape index (κ1) is 31.0. The van der Waals surface area contributed by atoms with Crippen molar-refractivity contribution in [2.75, 3.05) is 13.6 Å². The van der Waals surface area contributed by atoms with Crippen LogP contribution < -0.4 is 11.1 Å². The van der Waals surface area contributed by atoms with Gasteiger partial charge in [-0.2, -0.15) is 0 Å². The minimum atomic E-state index is -0.396. The summed E-state index contributed by atoms with van der Waals surface area (Å²) in [4.78, 5) is 48.1. The van der Waals surface area contributed by atoms with Gasteiger partial charge in [0, 0.05) is 37.1 Å². The number of amides is 3. The fourth-order valence-electron chi connectivity index (χ4n) is 3.28. The first-order chi connectivity index (χ1) is 16.5. The third-order valence-corrected chi connectivity index (χ3v) is 5.41. The van der Waals surface area contributed by atoms with E-state index in [2.05, 4.69) is 17.2 Å². The van der Waals surface area contributed by atoms with Gasteiger partial charge in [-0.25, -0.2) is 0 Å². The molecule has 0 fully saturated rings. The van der Waals surface area contributed by atoms with Gasteiger partial charge in [0.1, 0.15) is 0 Å². The Morgan fingerprint density at radius 1 is 1.09 bits per heavy atom. The van der Waals surface area contributed by atoms with Crippen LogP contribution in [0, 0.1) is 11.8 Å². The fourth-order valence-corrected chi connectivity index (χ4v) is 3.28. The number of hydrogen-bond donors (Lipinski definition) is 2. The number of nitrogens with two attached hydrogens (primary N) is 1. The first-order valence-electron chi connectivity index (χ1n) is 12.2. The highest BCUT2D eigenvalue weighted by molar-refractivity contribution is 6.03. The molecule has 0 saturated heterocycles. The summed E-state index contributed by atoms with van der Waals surface area (Å²) in [6, 6.07) is 4.80. The molecule has 7 nitrogen and oxygen atoms in total. The van der Waals surface area contributed by atoms with Crippen molar-refractivity contribution in [1.82, 2.24) is 10.2 Å². The fraction of sp³-hybridized carbons (Fsp3) is 0.556. The minimum Gasteiger partial charge on any atom is -0.339 e. The Bertz CT molecular complexity index is 827. The van der Waals surface area contributed by atoms with Crippen LogP contribution in [0.5, 0.6) is 0 Å². The van der Waals surface area contributed by atoms with E-state index >= 15 is 0 Å². The highest BCUT2D eigenvalue weighted by Gasteiger charge is 2.23. The van der Waals surface area contributed by atoms with E-state index in [4.69, 9.17) is 5.73 Å². The van der Waals surface area contributed by atoms with Crippen LogP contribution >= 0.6 is 0 Å². The highest BCUT2D eigenvalue weighted by Crippen LogP contribution is 2.18. The Labute approximate surface area is 204 Å². The molecule has 0 heterocycles. The van der Waals surface area contributed by atoms with Crippen molar-refractivity contribution < 1.29 is 19.2 Å². The summed E-state index contributed by atoms with van der Waals surface area (Å²) in [6.07, 6.45) is 8.93. The first-order valence-corrected chi connectivity index (χ1v) is 12.2. The Hall–Kier alpha value is -2.98. The van der Waals surface area contributed by atoms with Crippen LogP contribution in [0.25, 0.3) is 0 Å². The summed E-state index contributed by atoms with van der Waals surface area (Å²) < 4.78 is 0. The zero-order chi connectivity index (χ0) is 25.8. The van der Waals surface area contributed by atoms with E-state index in [1.807, 2.05) is 20.8 Å². The molecule has 0 spiro atoms. The summed E-state index contributed by atoms with van der Waals surface area (Å²) in [5, 5.41) is 2.09. The average molecular weight is 472 g/mol. The number of nitrogens with one attached hydrogen (secondary N) is 1. The molecule has 188 valence electrons. The second kappa shape index (κ2) is 19.5. The van der Waals surface area contributed by atoms with Crippen LogP contribution in [0.2, 0.25) is 0 Å². The average Bonchev–Trinajstić information content (AvgIpc) is 2.86. The number of unbranched alkanes of at least 4 members (excludes halogenated alkanes) is 6. The molecule has 3 amide bonds. The maximum absolute atomic E-state index is 13.2. The summed E-state index contributed by atoms with van der Waals surface area (Å²) in [5.74, 6) is 5.48. The molecule has 1 atom stereocenters. The van der Waals surface area contributed by atoms with E-state index < -0.39 is 5.91 Å². The van der Waals surface area contributed by atoms with Crippen LogP contribution in [-0.4, -0.2) is 49.0 Å². The van der Waals surface area contributed by atoms with E-state index in [-0.39, 0.29) is 23.9 Å². The number of aldehydes is 1. The highest BCUT2D eigenvalue weighted by atomic mass is 16.2. The standard InChI is InChI=1S/C25H35N3O4.C2H6/c1-20(15-16-23(31)27-19-30)28(2)25(32)24-21(13-11-14-22(24)18-29)12-9-7-5-3-4-6-8-10-17-26;1-2/h11,13-14,18-20H,3-8,10,15-17,26H2,1-2H3,(H,27,30,31);1-2H3. The zero-order valence-corrected chi connectivity index (χ0v) is 21.2.